The largest absolute Gasteiger partial charge is 0.399 e. The van der Waals surface area contributed by atoms with Gasteiger partial charge in [0.15, 0.2) is 0 Å². The SMILES string of the molecule is CC(C)N1CCCC(c2cn3ccc(N)cc3n2)C1. The van der Waals surface area contributed by atoms with Crippen molar-refractivity contribution in [3.05, 3.63) is 30.2 Å². The van der Waals surface area contributed by atoms with Crippen LogP contribution in [-0.2, 0) is 0 Å². The van der Waals surface area contributed by atoms with Crippen LogP contribution in [0.4, 0.5) is 5.69 Å². The normalized spacial score (nSPS) is 21.3. The van der Waals surface area contributed by atoms with Gasteiger partial charge < -0.3 is 15.0 Å². The van der Waals surface area contributed by atoms with E-state index in [4.69, 9.17) is 10.7 Å². The molecule has 0 aliphatic carbocycles. The third kappa shape index (κ3) is 2.45. The number of rotatable bonds is 2. The van der Waals surface area contributed by atoms with E-state index in [1.807, 2.05) is 18.3 Å². The average Bonchev–Trinajstić information content (AvgIpc) is 2.81. The van der Waals surface area contributed by atoms with Crippen LogP contribution in [-0.4, -0.2) is 33.4 Å². The summed E-state index contributed by atoms with van der Waals surface area (Å²) in [5, 5.41) is 0. The molecular formula is C15H22N4. The van der Waals surface area contributed by atoms with E-state index in [0.717, 1.165) is 17.9 Å². The summed E-state index contributed by atoms with van der Waals surface area (Å²) in [5.41, 5.74) is 8.75. The fourth-order valence-electron chi connectivity index (χ4n) is 2.93. The Labute approximate surface area is 114 Å². The Balaban J connectivity index is 1.87. The first-order valence-corrected chi connectivity index (χ1v) is 7.11. The van der Waals surface area contributed by atoms with E-state index in [9.17, 15) is 0 Å². The van der Waals surface area contributed by atoms with Crippen LogP contribution in [0.5, 0.6) is 0 Å². The smallest absolute Gasteiger partial charge is 0.139 e. The number of anilines is 1. The maximum atomic E-state index is 5.81. The van der Waals surface area contributed by atoms with Gasteiger partial charge in [0.25, 0.3) is 0 Å². The second-order valence-corrected chi connectivity index (χ2v) is 5.82. The van der Waals surface area contributed by atoms with Gasteiger partial charge in [-0.1, -0.05) is 0 Å². The van der Waals surface area contributed by atoms with Crippen molar-refractivity contribution in [2.24, 2.45) is 0 Å². The minimum absolute atomic E-state index is 0.553. The zero-order valence-electron chi connectivity index (χ0n) is 11.7. The van der Waals surface area contributed by atoms with Gasteiger partial charge in [0, 0.05) is 42.7 Å². The lowest BCUT2D eigenvalue weighted by Crippen LogP contribution is -2.39. The molecule has 4 nitrogen and oxygen atoms in total. The third-order valence-corrected chi connectivity index (χ3v) is 4.10. The van der Waals surface area contributed by atoms with Gasteiger partial charge in [-0.2, -0.15) is 0 Å². The lowest BCUT2D eigenvalue weighted by Gasteiger charge is -2.34. The molecule has 19 heavy (non-hydrogen) atoms. The van der Waals surface area contributed by atoms with Crippen LogP contribution in [0.1, 0.15) is 38.3 Å². The number of likely N-dealkylation sites (tertiary alicyclic amines) is 1. The predicted molar refractivity (Wildman–Crippen MR) is 78.3 cm³/mol. The van der Waals surface area contributed by atoms with Crippen molar-refractivity contribution < 1.29 is 0 Å². The molecule has 0 radical (unpaired) electrons. The van der Waals surface area contributed by atoms with Crippen molar-refractivity contribution >= 4 is 11.3 Å². The van der Waals surface area contributed by atoms with Gasteiger partial charge in [0.2, 0.25) is 0 Å². The average molecular weight is 258 g/mol. The summed E-state index contributed by atoms with van der Waals surface area (Å²) in [7, 11) is 0. The van der Waals surface area contributed by atoms with Crippen molar-refractivity contribution in [3.8, 4) is 0 Å². The number of hydrogen-bond donors (Lipinski definition) is 1. The topological polar surface area (TPSA) is 46.6 Å². The van der Waals surface area contributed by atoms with Gasteiger partial charge in [0.05, 0.1) is 5.69 Å². The van der Waals surface area contributed by atoms with Gasteiger partial charge in [-0.25, -0.2) is 4.98 Å². The highest BCUT2D eigenvalue weighted by Gasteiger charge is 2.24. The fraction of sp³-hybridized carbons (Fsp3) is 0.533. The maximum absolute atomic E-state index is 5.81. The lowest BCUT2D eigenvalue weighted by molar-refractivity contribution is 0.166. The number of pyridine rings is 1. The number of piperidine rings is 1. The Bertz CT molecular complexity index is 573. The molecule has 4 heteroatoms. The van der Waals surface area contributed by atoms with Crippen LogP contribution in [0.25, 0.3) is 5.65 Å². The molecule has 2 aromatic heterocycles. The van der Waals surface area contributed by atoms with Gasteiger partial charge >= 0.3 is 0 Å². The highest BCUT2D eigenvalue weighted by Crippen LogP contribution is 2.27. The van der Waals surface area contributed by atoms with Gasteiger partial charge in [0.1, 0.15) is 5.65 Å². The quantitative estimate of drug-likeness (QED) is 0.900. The Morgan fingerprint density at radius 1 is 1.42 bits per heavy atom. The molecule has 1 atom stereocenters. The first kappa shape index (κ1) is 12.5. The summed E-state index contributed by atoms with van der Waals surface area (Å²) in [6, 6.07) is 4.47. The summed E-state index contributed by atoms with van der Waals surface area (Å²) in [6.07, 6.45) is 6.65. The first-order valence-electron chi connectivity index (χ1n) is 7.11. The molecule has 1 unspecified atom stereocenters. The van der Waals surface area contributed by atoms with E-state index in [1.165, 1.54) is 25.1 Å². The first-order chi connectivity index (χ1) is 9.13. The standard InChI is InChI=1S/C15H22N4/c1-11(2)18-6-3-4-12(9-18)14-10-19-7-5-13(16)8-15(19)17-14/h5,7-8,10-12H,3-4,6,9,16H2,1-2H3. The summed E-state index contributed by atoms with van der Waals surface area (Å²) in [5.74, 6) is 0.553. The number of imidazole rings is 1. The van der Waals surface area contributed by atoms with Gasteiger partial charge in [-0.3, -0.25) is 0 Å². The molecule has 0 aromatic carbocycles. The van der Waals surface area contributed by atoms with Crippen LogP contribution in [0.2, 0.25) is 0 Å². The number of hydrogen-bond acceptors (Lipinski definition) is 3. The molecule has 0 bridgehead atoms. The Morgan fingerprint density at radius 2 is 2.26 bits per heavy atom. The zero-order valence-corrected chi connectivity index (χ0v) is 11.7. The number of fused-ring (bicyclic) bond motifs is 1. The molecule has 2 N–H and O–H groups in total. The molecule has 1 fully saturated rings. The van der Waals surface area contributed by atoms with Crippen LogP contribution in [0, 0.1) is 0 Å². The van der Waals surface area contributed by atoms with Crippen LogP contribution in [0.15, 0.2) is 24.5 Å². The Morgan fingerprint density at radius 3 is 3.05 bits per heavy atom. The maximum Gasteiger partial charge on any atom is 0.139 e. The molecule has 0 saturated carbocycles. The molecule has 102 valence electrons. The van der Waals surface area contributed by atoms with E-state index >= 15 is 0 Å². The number of nitrogens with zero attached hydrogens (tertiary/aromatic N) is 3. The van der Waals surface area contributed by atoms with Crippen molar-refractivity contribution in [1.82, 2.24) is 14.3 Å². The van der Waals surface area contributed by atoms with Crippen molar-refractivity contribution in [2.75, 3.05) is 18.8 Å². The van der Waals surface area contributed by atoms with Crippen molar-refractivity contribution in [1.29, 1.82) is 0 Å². The summed E-state index contributed by atoms with van der Waals surface area (Å²) in [6.45, 7) is 6.88. The second kappa shape index (κ2) is 4.85. The minimum atomic E-state index is 0.553. The van der Waals surface area contributed by atoms with Gasteiger partial charge in [-0.15, -0.1) is 0 Å². The molecular weight excluding hydrogens is 236 g/mol. The molecule has 0 spiro atoms. The van der Waals surface area contributed by atoms with Crippen molar-refractivity contribution in [2.45, 2.75) is 38.6 Å². The Hall–Kier alpha value is -1.55. The van der Waals surface area contributed by atoms with E-state index in [0.29, 0.717) is 12.0 Å². The minimum Gasteiger partial charge on any atom is -0.399 e. The monoisotopic (exact) mass is 258 g/mol. The van der Waals surface area contributed by atoms with Crippen molar-refractivity contribution in [3.63, 3.8) is 0 Å². The molecule has 0 amide bonds. The highest BCUT2D eigenvalue weighted by atomic mass is 15.2. The molecule has 1 saturated heterocycles. The zero-order chi connectivity index (χ0) is 13.4. The second-order valence-electron chi connectivity index (χ2n) is 5.82. The third-order valence-electron chi connectivity index (χ3n) is 4.10. The van der Waals surface area contributed by atoms with E-state index in [-0.39, 0.29) is 0 Å². The van der Waals surface area contributed by atoms with E-state index < -0.39 is 0 Å². The molecule has 3 rings (SSSR count). The summed E-state index contributed by atoms with van der Waals surface area (Å²) < 4.78 is 2.07. The van der Waals surface area contributed by atoms with Crippen LogP contribution < -0.4 is 5.73 Å². The number of aromatic nitrogens is 2. The predicted octanol–water partition coefficient (Wildman–Crippen LogP) is 2.50. The van der Waals surface area contributed by atoms with Crippen LogP contribution >= 0.6 is 0 Å². The summed E-state index contributed by atoms with van der Waals surface area (Å²) in [4.78, 5) is 7.30. The van der Waals surface area contributed by atoms with Gasteiger partial charge in [-0.05, 0) is 39.3 Å². The van der Waals surface area contributed by atoms with E-state index in [2.05, 4.69) is 29.3 Å². The Kier molecular flexibility index (Phi) is 3.19. The number of nitrogen functional groups attached to an aromatic ring is 1. The molecule has 3 heterocycles. The summed E-state index contributed by atoms with van der Waals surface area (Å²) >= 11 is 0. The molecule has 1 aliphatic rings. The molecule has 1 aliphatic heterocycles. The fourth-order valence-corrected chi connectivity index (χ4v) is 2.93. The lowest BCUT2D eigenvalue weighted by atomic mass is 9.94. The number of nitrogens with two attached hydrogens (primary N) is 1. The van der Waals surface area contributed by atoms with Crippen LogP contribution in [0.3, 0.4) is 0 Å². The van der Waals surface area contributed by atoms with E-state index in [1.54, 1.807) is 0 Å². The molecule has 2 aromatic rings. The highest BCUT2D eigenvalue weighted by molar-refractivity contribution is 5.52.